The minimum Gasteiger partial charge on any atom is -0.493 e. The number of benzene rings is 1. The number of nitrogens with zero attached hydrogens (tertiary/aromatic N) is 1. The summed E-state index contributed by atoms with van der Waals surface area (Å²) in [5.74, 6) is -1.14. The summed E-state index contributed by atoms with van der Waals surface area (Å²) in [6, 6.07) is 4.69. The summed E-state index contributed by atoms with van der Waals surface area (Å²) in [5, 5.41) is 10.9. The van der Waals surface area contributed by atoms with E-state index >= 15 is 0 Å². The van der Waals surface area contributed by atoms with Crippen LogP contribution in [0.3, 0.4) is 0 Å². The molecule has 33 heavy (non-hydrogen) atoms. The number of Topliss-reactive ketones (excluding diaryl/α,β-unsaturated/α-hetero) is 1. The molecular weight excluding hydrogens is 426 g/mol. The van der Waals surface area contributed by atoms with E-state index < -0.39 is 29.3 Å². The molecule has 2 fully saturated rings. The third kappa shape index (κ3) is 5.49. The van der Waals surface area contributed by atoms with Gasteiger partial charge in [0.25, 0.3) is 11.7 Å². The van der Waals surface area contributed by atoms with E-state index in [2.05, 4.69) is 0 Å². The van der Waals surface area contributed by atoms with Crippen LogP contribution in [0.1, 0.15) is 57.4 Å². The molecular formula is C25H35NO7. The van der Waals surface area contributed by atoms with E-state index in [1.54, 1.807) is 27.2 Å². The molecule has 1 aromatic rings. The molecule has 1 aliphatic heterocycles. The average Bonchev–Trinajstić information content (AvgIpc) is 2.84. The Morgan fingerprint density at radius 2 is 1.79 bits per heavy atom. The Bertz CT molecular complexity index is 870. The molecule has 0 aromatic heterocycles. The number of rotatable bonds is 8. The summed E-state index contributed by atoms with van der Waals surface area (Å²) >= 11 is 0. The van der Waals surface area contributed by atoms with Gasteiger partial charge in [0.2, 0.25) is 0 Å². The first-order chi connectivity index (χ1) is 15.8. The number of methoxy groups -OCH3 is 2. The zero-order valence-corrected chi connectivity index (χ0v) is 19.8. The molecule has 8 nitrogen and oxygen atoms in total. The molecule has 0 bridgehead atoms. The summed E-state index contributed by atoms with van der Waals surface area (Å²) in [7, 11) is 3.12. The van der Waals surface area contributed by atoms with E-state index in [4.69, 9.17) is 14.2 Å². The smallest absolute Gasteiger partial charge is 0.328 e. The molecule has 1 aliphatic carbocycles. The fraction of sp³-hybridized carbons (Fsp3) is 0.640. The second-order valence-electron chi connectivity index (χ2n) is 9.02. The van der Waals surface area contributed by atoms with Crippen molar-refractivity contribution in [2.75, 3.05) is 27.4 Å². The van der Waals surface area contributed by atoms with E-state index in [-0.39, 0.29) is 18.9 Å². The van der Waals surface area contributed by atoms with E-state index in [0.29, 0.717) is 50.1 Å². The molecule has 1 amide bonds. The number of ketones is 1. The van der Waals surface area contributed by atoms with E-state index in [1.165, 1.54) is 4.90 Å². The monoisotopic (exact) mass is 461 g/mol. The molecule has 182 valence electrons. The molecule has 3 atom stereocenters. The number of amides is 1. The Kier molecular flexibility index (Phi) is 8.35. The van der Waals surface area contributed by atoms with Gasteiger partial charge < -0.3 is 24.2 Å². The molecule has 2 unspecified atom stereocenters. The number of hydrogen-bond acceptors (Lipinski definition) is 7. The van der Waals surface area contributed by atoms with Crippen LogP contribution in [-0.4, -0.2) is 66.7 Å². The van der Waals surface area contributed by atoms with Gasteiger partial charge in [0, 0.05) is 13.0 Å². The lowest BCUT2D eigenvalue weighted by atomic mass is 9.73. The Balaban J connectivity index is 1.61. The van der Waals surface area contributed by atoms with Crippen LogP contribution in [0.15, 0.2) is 18.2 Å². The highest BCUT2D eigenvalue weighted by atomic mass is 16.5. The first-order valence-corrected chi connectivity index (χ1v) is 11.8. The Morgan fingerprint density at radius 1 is 1.06 bits per heavy atom. The molecule has 1 heterocycles. The lowest BCUT2D eigenvalue weighted by Gasteiger charge is -2.39. The zero-order chi connectivity index (χ0) is 24.0. The van der Waals surface area contributed by atoms with Crippen LogP contribution in [0.4, 0.5) is 0 Å². The molecule has 1 aromatic carbocycles. The van der Waals surface area contributed by atoms with Crippen LogP contribution >= 0.6 is 0 Å². The van der Waals surface area contributed by atoms with Gasteiger partial charge in [-0.2, -0.15) is 0 Å². The Morgan fingerprint density at radius 3 is 2.48 bits per heavy atom. The maximum atomic E-state index is 13.1. The van der Waals surface area contributed by atoms with Crippen molar-refractivity contribution in [3.63, 3.8) is 0 Å². The average molecular weight is 462 g/mol. The molecule has 1 saturated carbocycles. The summed E-state index contributed by atoms with van der Waals surface area (Å²) < 4.78 is 16.0. The van der Waals surface area contributed by atoms with Crippen LogP contribution in [0.25, 0.3) is 0 Å². The van der Waals surface area contributed by atoms with Gasteiger partial charge in [0.1, 0.15) is 11.6 Å². The van der Waals surface area contributed by atoms with Crippen molar-refractivity contribution < 1.29 is 33.7 Å². The number of aliphatic hydroxyl groups is 1. The number of hydrogen-bond donors (Lipinski definition) is 1. The first-order valence-electron chi connectivity index (χ1n) is 11.8. The molecule has 0 radical (unpaired) electrons. The van der Waals surface area contributed by atoms with Gasteiger partial charge >= 0.3 is 5.97 Å². The highest BCUT2D eigenvalue weighted by molar-refractivity contribution is 6.39. The van der Waals surface area contributed by atoms with Crippen molar-refractivity contribution in [3.8, 4) is 11.5 Å². The van der Waals surface area contributed by atoms with Gasteiger partial charge in [-0.3, -0.25) is 9.59 Å². The highest BCUT2D eigenvalue weighted by Crippen LogP contribution is 2.35. The molecule has 8 heteroatoms. The number of carbonyl (C=O) groups excluding carboxylic acids is 3. The largest absolute Gasteiger partial charge is 0.493 e. The maximum Gasteiger partial charge on any atom is 0.328 e. The highest BCUT2D eigenvalue weighted by Gasteiger charge is 2.48. The predicted octanol–water partition coefficient (Wildman–Crippen LogP) is 2.68. The summed E-state index contributed by atoms with van der Waals surface area (Å²) in [6.45, 7) is 2.26. The van der Waals surface area contributed by atoms with Crippen molar-refractivity contribution in [1.82, 2.24) is 4.90 Å². The standard InChI is InChI=1S/C25H35NO7/c1-17-8-4-6-13-25(17,30)22(27)23(28)26-14-7-5-9-19(26)24(29)33-15-12-18-10-11-20(31-2)21(16-18)32-3/h10-11,16-17,19,30H,4-9,12-15H2,1-3H3/t17?,19-,25?/m0/s1. The van der Waals surface area contributed by atoms with Gasteiger partial charge in [-0.1, -0.05) is 25.8 Å². The number of esters is 1. The van der Waals surface area contributed by atoms with Gasteiger partial charge in [-0.05, 0) is 55.7 Å². The third-order valence-corrected chi connectivity index (χ3v) is 6.97. The zero-order valence-electron chi connectivity index (χ0n) is 19.8. The van der Waals surface area contributed by atoms with Crippen LogP contribution in [-0.2, 0) is 25.5 Å². The van der Waals surface area contributed by atoms with Crippen LogP contribution in [0.2, 0.25) is 0 Å². The molecule has 3 rings (SSSR count). The van der Waals surface area contributed by atoms with E-state index in [1.807, 2.05) is 12.1 Å². The van der Waals surface area contributed by atoms with E-state index in [9.17, 15) is 19.5 Å². The van der Waals surface area contributed by atoms with Crippen molar-refractivity contribution >= 4 is 17.7 Å². The SMILES string of the molecule is COc1ccc(CCOC(=O)[C@@H]2CCCCN2C(=O)C(=O)C2(O)CCCCC2C)cc1OC. The lowest BCUT2D eigenvalue weighted by Crippen LogP contribution is -2.58. The maximum absolute atomic E-state index is 13.1. The number of likely N-dealkylation sites (tertiary alicyclic amines) is 1. The lowest BCUT2D eigenvalue weighted by molar-refractivity contribution is -0.167. The summed E-state index contributed by atoms with van der Waals surface area (Å²) in [4.78, 5) is 40.2. The van der Waals surface area contributed by atoms with Gasteiger partial charge in [0.15, 0.2) is 11.5 Å². The van der Waals surface area contributed by atoms with Crippen molar-refractivity contribution in [2.45, 2.75) is 69.9 Å². The third-order valence-electron chi connectivity index (χ3n) is 6.97. The fourth-order valence-electron chi connectivity index (χ4n) is 4.80. The van der Waals surface area contributed by atoms with E-state index in [0.717, 1.165) is 18.4 Å². The second kappa shape index (κ2) is 11.0. The Labute approximate surface area is 195 Å². The van der Waals surface area contributed by atoms with Gasteiger partial charge in [0.05, 0.1) is 20.8 Å². The normalized spacial score (nSPS) is 25.3. The minimum atomic E-state index is -1.64. The topological polar surface area (TPSA) is 102 Å². The number of piperidine rings is 1. The van der Waals surface area contributed by atoms with Gasteiger partial charge in [-0.25, -0.2) is 4.79 Å². The number of carbonyl (C=O) groups is 3. The molecule has 2 aliphatic rings. The molecule has 0 spiro atoms. The first kappa shape index (κ1) is 25.0. The minimum absolute atomic E-state index is 0.141. The molecule has 1 N–H and O–H groups in total. The van der Waals surface area contributed by atoms with Crippen molar-refractivity contribution in [3.05, 3.63) is 23.8 Å². The predicted molar refractivity (Wildman–Crippen MR) is 121 cm³/mol. The van der Waals surface area contributed by atoms with Crippen molar-refractivity contribution in [1.29, 1.82) is 0 Å². The van der Waals surface area contributed by atoms with Gasteiger partial charge in [-0.15, -0.1) is 0 Å². The fourth-order valence-corrected chi connectivity index (χ4v) is 4.80. The van der Waals surface area contributed by atoms with Crippen LogP contribution < -0.4 is 9.47 Å². The molecule has 1 saturated heterocycles. The second-order valence-corrected chi connectivity index (χ2v) is 9.02. The quantitative estimate of drug-likeness (QED) is 0.469. The summed E-state index contributed by atoms with van der Waals surface area (Å²) in [6.07, 6.45) is 5.04. The summed E-state index contributed by atoms with van der Waals surface area (Å²) in [5.41, 5.74) is -0.727. The van der Waals surface area contributed by atoms with Crippen LogP contribution in [0.5, 0.6) is 11.5 Å². The number of ether oxygens (including phenoxy) is 3. The van der Waals surface area contributed by atoms with Crippen LogP contribution in [0, 0.1) is 5.92 Å². The Hall–Kier alpha value is -2.61. The van der Waals surface area contributed by atoms with Crippen molar-refractivity contribution in [2.24, 2.45) is 5.92 Å².